The van der Waals surface area contributed by atoms with Crippen molar-refractivity contribution in [3.8, 4) is 0 Å². The fourth-order valence-corrected chi connectivity index (χ4v) is 3.03. The lowest BCUT2D eigenvalue weighted by atomic mass is 10.1. The van der Waals surface area contributed by atoms with Gasteiger partial charge in [-0.3, -0.25) is 4.79 Å². The molecule has 0 aliphatic rings. The van der Waals surface area contributed by atoms with Gasteiger partial charge >= 0.3 is 12.3 Å². The van der Waals surface area contributed by atoms with E-state index in [9.17, 15) is 22.8 Å². The summed E-state index contributed by atoms with van der Waals surface area (Å²) < 4.78 is 42.1. The first-order valence-corrected chi connectivity index (χ1v) is 8.56. The number of nitrogens with zero attached hydrogens (tertiary/aromatic N) is 1. The number of nitrogens with one attached hydrogen (secondary N) is 2. The largest absolute Gasteiger partial charge is 0.440 e. The van der Waals surface area contributed by atoms with Gasteiger partial charge < -0.3 is 19.9 Å². The molecular weight excluding hydrogens is 375 g/mol. The molecule has 0 aliphatic carbocycles. The fourth-order valence-electron chi connectivity index (χ4n) is 3.03. The highest BCUT2D eigenvalue weighted by atomic mass is 19.4. The number of hydrogen-bond donors (Lipinski definition) is 2. The molecule has 0 spiro atoms. The number of para-hydroxylation sites is 1. The Balaban J connectivity index is 1.68. The number of ether oxygens (including phenoxy) is 1. The second-order valence-corrected chi connectivity index (χ2v) is 6.09. The monoisotopic (exact) mass is 393 g/mol. The quantitative estimate of drug-likeness (QED) is 0.687. The Morgan fingerprint density at radius 2 is 1.79 bits per heavy atom. The molecule has 1 aromatic heterocycles. The number of halogens is 3. The molecule has 1 heterocycles. The maximum atomic E-state index is 12.0. The number of alkyl carbamates (subject to hydrolysis) is 1. The van der Waals surface area contributed by atoms with E-state index in [0.717, 1.165) is 28.4 Å². The molecule has 3 rings (SSSR count). The van der Waals surface area contributed by atoms with Crippen molar-refractivity contribution in [2.45, 2.75) is 19.6 Å². The van der Waals surface area contributed by atoms with Gasteiger partial charge in [-0.15, -0.1) is 0 Å². The van der Waals surface area contributed by atoms with Crippen LogP contribution in [0.2, 0.25) is 0 Å². The minimum atomic E-state index is -4.62. The molecule has 0 radical (unpaired) electrons. The van der Waals surface area contributed by atoms with Crippen LogP contribution in [0.25, 0.3) is 21.8 Å². The zero-order chi connectivity index (χ0) is 20.3. The van der Waals surface area contributed by atoms with Gasteiger partial charge in [-0.05, 0) is 31.2 Å². The highest BCUT2D eigenvalue weighted by molar-refractivity contribution is 6.09. The first kappa shape index (κ1) is 19.5. The van der Waals surface area contributed by atoms with E-state index >= 15 is 0 Å². The van der Waals surface area contributed by atoms with Crippen LogP contribution in [0.3, 0.4) is 0 Å². The van der Waals surface area contributed by atoms with E-state index < -0.39 is 31.3 Å². The van der Waals surface area contributed by atoms with Gasteiger partial charge in [-0.1, -0.05) is 18.2 Å². The normalized spacial score (nSPS) is 11.6. The van der Waals surface area contributed by atoms with Crippen molar-refractivity contribution in [2.75, 3.05) is 18.5 Å². The van der Waals surface area contributed by atoms with E-state index in [1.165, 1.54) is 0 Å². The van der Waals surface area contributed by atoms with Crippen molar-refractivity contribution in [1.29, 1.82) is 0 Å². The van der Waals surface area contributed by atoms with Crippen LogP contribution in [-0.4, -0.2) is 35.9 Å². The average Bonchev–Trinajstić information content (AvgIpc) is 2.97. The lowest BCUT2D eigenvalue weighted by Gasteiger charge is -2.10. The molecule has 28 heavy (non-hydrogen) atoms. The topological polar surface area (TPSA) is 72.4 Å². The number of aromatic nitrogens is 1. The van der Waals surface area contributed by atoms with E-state index in [1.807, 2.05) is 48.6 Å². The minimum Gasteiger partial charge on any atom is -0.440 e. The molecule has 0 saturated carbocycles. The summed E-state index contributed by atoms with van der Waals surface area (Å²) in [6.45, 7) is 0.620. The predicted octanol–water partition coefficient (Wildman–Crippen LogP) is 4.04. The second kappa shape index (κ2) is 7.79. The molecule has 0 bridgehead atoms. The molecule has 3 aromatic rings. The predicted molar refractivity (Wildman–Crippen MR) is 99.2 cm³/mol. The van der Waals surface area contributed by atoms with Gasteiger partial charge in [-0.25, -0.2) is 4.79 Å². The van der Waals surface area contributed by atoms with E-state index in [0.29, 0.717) is 5.69 Å². The van der Waals surface area contributed by atoms with Gasteiger partial charge in [0.2, 0.25) is 5.91 Å². The molecule has 0 saturated heterocycles. The zero-order valence-corrected chi connectivity index (χ0v) is 15.0. The summed E-state index contributed by atoms with van der Waals surface area (Å²) in [5.74, 6) is -0.581. The number of benzene rings is 2. The number of hydrogen-bond acceptors (Lipinski definition) is 3. The first-order valence-electron chi connectivity index (χ1n) is 8.56. The van der Waals surface area contributed by atoms with Gasteiger partial charge in [0.15, 0.2) is 6.61 Å². The minimum absolute atomic E-state index is 0.508. The summed E-state index contributed by atoms with van der Waals surface area (Å²) >= 11 is 0. The lowest BCUT2D eigenvalue weighted by Crippen LogP contribution is -2.35. The summed E-state index contributed by atoms with van der Waals surface area (Å²) in [7, 11) is 0. The number of fused-ring (bicyclic) bond motifs is 3. The Labute approximate surface area is 158 Å². The van der Waals surface area contributed by atoms with Crippen molar-refractivity contribution >= 4 is 39.5 Å². The molecular formula is C19H18F3N3O3. The van der Waals surface area contributed by atoms with Crippen LogP contribution in [0.1, 0.15) is 6.92 Å². The molecule has 2 N–H and O–H groups in total. The highest BCUT2D eigenvalue weighted by Gasteiger charge is 2.29. The van der Waals surface area contributed by atoms with E-state index in [4.69, 9.17) is 0 Å². The molecule has 0 atom stereocenters. The van der Waals surface area contributed by atoms with Crippen LogP contribution in [0.4, 0.5) is 23.7 Å². The van der Waals surface area contributed by atoms with Gasteiger partial charge in [0.05, 0.1) is 0 Å². The molecule has 2 amide bonds. The lowest BCUT2D eigenvalue weighted by molar-refractivity contribution is -0.160. The van der Waals surface area contributed by atoms with Crippen molar-refractivity contribution < 1.29 is 27.5 Å². The summed E-state index contributed by atoms with van der Waals surface area (Å²) in [5, 5.41) is 6.60. The van der Waals surface area contributed by atoms with Crippen LogP contribution in [0.15, 0.2) is 42.5 Å². The second-order valence-electron chi connectivity index (χ2n) is 6.09. The van der Waals surface area contributed by atoms with Gasteiger partial charge in [-0.2, -0.15) is 13.2 Å². The van der Waals surface area contributed by atoms with Crippen molar-refractivity contribution in [2.24, 2.45) is 0 Å². The Morgan fingerprint density at radius 1 is 1.07 bits per heavy atom. The number of anilines is 1. The first-order chi connectivity index (χ1) is 13.3. The summed E-state index contributed by atoms with van der Waals surface area (Å²) in [6.07, 6.45) is -5.93. The smallest absolute Gasteiger partial charge is 0.422 e. The van der Waals surface area contributed by atoms with Crippen LogP contribution in [0, 0.1) is 0 Å². The third kappa shape index (κ3) is 4.36. The summed E-state index contributed by atoms with van der Waals surface area (Å²) in [5.41, 5.74) is 2.62. The molecule has 148 valence electrons. The Bertz CT molecular complexity index is 1030. The Hall–Kier alpha value is -3.23. The number of alkyl halides is 3. The highest BCUT2D eigenvalue weighted by Crippen LogP contribution is 2.30. The number of carbonyl (C=O) groups excluding carboxylic acids is 2. The Kier molecular flexibility index (Phi) is 5.43. The van der Waals surface area contributed by atoms with Crippen LogP contribution in [-0.2, 0) is 16.1 Å². The average molecular weight is 393 g/mol. The van der Waals surface area contributed by atoms with E-state index in [2.05, 4.69) is 14.6 Å². The molecule has 9 heteroatoms. The van der Waals surface area contributed by atoms with Gasteiger partial charge in [0, 0.05) is 34.0 Å². The molecule has 6 nitrogen and oxygen atoms in total. The van der Waals surface area contributed by atoms with Crippen LogP contribution in [0.5, 0.6) is 0 Å². The third-order valence-corrected chi connectivity index (χ3v) is 4.13. The fraction of sp³-hybridized carbons (Fsp3) is 0.263. The maximum Gasteiger partial charge on any atom is 0.422 e. The van der Waals surface area contributed by atoms with E-state index in [-0.39, 0.29) is 0 Å². The van der Waals surface area contributed by atoms with Crippen LogP contribution < -0.4 is 10.6 Å². The van der Waals surface area contributed by atoms with Gasteiger partial charge in [0.25, 0.3) is 0 Å². The molecule has 2 aromatic carbocycles. The van der Waals surface area contributed by atoms with Crippen molar-refractivity contribution in [1.82, 2.24) is 9.88 Å². The molecule has 0 aliphatic heterocycles. The Morgan fingerprint density at radius 3 is 2.50 bits per heavy atom. The molecule has 0 unspecified atom stereocenters. The number of rotatable bonds is 5. The number of amides is 2. The van der Waals surface area contributed by atoms with Crippen molar-refractivity contribution in [3.63, 3.8) is 0 Å². The third-order valence-electron chi connectivity index (χ3n) is 4.13. The van der Waals surface area contributed by atoms with E-state index in [1.54, 1.807) is 6.07 Å². The zero-order valence-electron chi connectivity index (χ0n) is 15.0. The van der Waals surface area contributed by atoms with Crippen LogP contribution >= 0.6 is 0 Å². The van der Waals surface area contributed by atoms with Crippen molar-refractivity contribution in [3.05, 3.63) is 42.5 Å². The maximum absolute atomic E-state index is 12.0. The SMILES string of the molecule is CCn1c2ccccc2c2cc(NC(=O)CNC(=O)OCC(F)(F)F)ccc21. The number of carbonyl (C=O) groups is 2. The standard InChI is InChI=1S/C19H18F3N3O3/c1-2-25-15-6-4-3-5-13(15)14-9-12(7-8-16(14)25)24-17(26)10-23-18(27)28-11-19(20,21)22/h3-9H,2,10-11H2,1H3,(H,23,27)(H,24,26). The summed E-state index contributed by atoms with van der Waals surface area (Å²) in [4.78, 5) is 23.2. The summed E-state index contributed by atoms with van der Waals surface area (Å²) in [6, 6.07) is 13.3. The van der Waals surface area contributed by atoms with Gasteiger partial charge in [0.1, 0.15) is 6.54 Å². The number of aryl methyl sites for hydroxylation is 1. The molecule has 0 fully saturated rings.